The van der Waals surface area contributed by atoms with E-state index < -0.39 is 0 Å². The van der Waals surface area contributed by atoms with E-state index in [1.165, 1.54) is 16.7 Å². The number of benzene rings is 1. The van der Waals surface area contributed by atoms with Crippen LogP contribution in [0.4, 0.5) is 0 Å². The van der Waals surface area contributed by atoms with Crippen LogP contribution in [0.25, 0.3) is 0 Å². The van der Waals surface area contributed by atoms with E-state index >= 15 is 0 Å². The number of methoxy groups -OCH3 is 2. The second-order valence-corrected chi connectivity index (χ2v) is 5.02. The summed E-state index contributed by atoms with van der Waals surface area (Å²) >= 11 is 0. The Morgan fingerprint density at radius 3 is 2.42 bits per heavy atom. The van der Waals surface area contributed by atoms with Crippen molar-refractivity contribution in [3.05, 3.63) is 28.8 Å². The van der Waals surface area contributed by atoms with Gasteiger partial charge in [0.2, 0.25) is 0 Å². The van der Waals surface area contributed by atoms with Crippen LogP contribution in [0, 0.1) is 13.8 Å². The van der Waals surface area contributed by atoms with Crippen LogP contribution in [0.5, 0.6) is 5.75 Å². The first-order valence-electron chi connectivity index (χ1n) is 6.95. The molecule has 0 amide bonds. The van der Waals surface area contributed by atoms with Crippen molar-refractivity contribution in [3.8, 4) is 5.75 Å². The average molecular weight is 265 g/mol. The van der Waals surface area contributed by atoms with Gasteiger partial charge < -0.3 is 14.8 Å². The van der Waals surface area contributed by atoms with Gasteiger partial charge >= 0.3 is 0 Å². The number of hydrogen-bond acceptors (Lipinski definition) is 3. The molecular formula is C16H27NO2. The van der Waals surface area contributed by atoms with Crippen molar-refractivity contribution >= 4 is 0 Å². The van der Waals surface area contributed by atoms with E-state index in [1.54, 1.807) is 14.2 Å². The summed E-state index contributed by atoms with van der Waals surface area (Å²) < 4.78 is 11.0. The van der Waals surface area contributed by atoms with Gasteiger partial charge in [-0.05, 0) is 44.9 Å². The zero-order valence-electron chi connectivity index (χ0n) is 13.0. The molecule has 108 valence electrons. The molecule has 0 saturated carbocycles. The molecule has 0 fully saturated rings. The van der Waals surface area contributed by atoms with Crippen molar-refractivity contribution in [2.45, 2.75) is 46.3 Å². The fourth-order valence-corrected chi connectivity index (χ4v) is 2.35. The van der Waals surface area contributed by atoms with E-state index in [9.17, 15) is 0 Å². The monoisotopic (exact) mass is 265 g/mol. The van der Waals surface area contributed by atoms with E-state index in [0.717, 1.165) is 18.7 Å². The Hall–Kier alpha value is -1.06. The minimum Gasteiger partial charge on any atom is -0.496 e. The molecule has 2 atom stereocenters. The second-order valence-electron chi connectivity index (χ2n) is 5.02. The van der Waals surface area contributed by atoms with E-state index in [4.69, 9.17) is 9.47 Å². The van der Waals surface area contributed by atoms with Gasteiger partial charge in [-0.3, -0.25) is 0 Å². The molecule has 2 unspecified atom stereocenters. The topological polar surface area (TPSA) is 30.5 Å². The highest BCUT2D eigenvalue weighted by Gasteiger charge is 2.19. The SMILES string of the molecule is CCNC(CC(C)OC)c1ccc(C)c(C)c1OC. The summed E-state index contributed by atoms with van der Waals surface area (Å²) in [6.45, 7) is 9.37. The molecule has 0 spiro atoms. The number of nitrogens with one attached hydrogen (secondary N) is 1. The van der Waals surface area contributed by atoms with Gasteiger partial charge in [0.1, 0.15) is 5.75 Å². The Morgan fingerprint density at radius 2 is 1.89 bits per heavy atom. The van der Waals surface area contributed by atoms with Gasteiger partial charge in [-0.1, -0.05) is 19.1 Å². The van der Waals surface area contributed by atoms with Crippen LogP contribution in [0.1, 0.15) is 43.0 Å². The summed E-state index contributed by atoms with van der Waals surface area (Å²) in [7, 11) is 3.50. The number of ether oxygens (including phenoxy) is 2. The third-order valence-electron chi connectivity index (χ3n) is 3.71. The zero-order chi connectivity index (χ0) is 14.4. The lowest BCUT2D eigenvalue weighted by Gasteiger charge is -2.24. The molecule has 1 rings (SSSR count). The van der Waals surface area contributed by atoms with Gasteiger partial charge in [0.25, 0.3) is 0 Å². The Balaban J connectivity index is 3.11. The molecule has 0 aliphatic heterocycles. The predicted octanol–water partition coefficient (Wildman–Crippen LogP) is 3.39. The van der Waals surface area contributed by atoms with Gasteiger partial charge in [0.05, 0.1) is 13.2 Å². The summed E-state index contributed by atoms with van der Waals surface area (Å²) in [5, 5.41) is 3.53. The molecule has 0 saturated heterocycles. The Labute approximate surface area is 117 Å². The van der Waals surface area contributed by atoms with Crippen LogP contribution in [0.3, 0.4) is 0 Å². The maximum Gasteiger partial charge on any atom is 0.126 e. The summed E-state index contributed by atoms with van der Waals surface area (Å²) in [4.78, 5) is 0. The van der Waals surface area contributed by atoms with Crippen LogP contribution >= 0.6 is 0 Å². The Morgan fingerprint density at radius 1 is 1.21 bits per heavy atom. The van der Waals surface area contributed by atoms with Crippen LogP contribution in [-0.2, 0) is 4.74 Å². The largest absolute Gasteiger partial charge is 0.496 e. The lowest BCUT2D eigenvalue weighted by atomic mass is 9.95. The lowest BCUT2D eigenvalue weighted by molar-refractivity contribution is 0.100. The molecule has 1 aromatic carbocycles. The minimum atomic E-state index is 0.218. The molecule has 0 aliphatic carbocycles. The number of hydrogen-bond donors (Lipinski definition) is 1. The molecule has 19 heavy (non-hydrogen) atoms. The van der Waals surface area contributed by atoms with E-state index in [2.05, 4.69) is 45.1 Å². The van der Waals surface area contributed by atoms with Crippen molar-refractivity contribution < 1.29 is 9.47 Å². The first-order valence-corrected chi connectivity index (χ1v) is 6.95. The first-order chi connectivity index (χ1) is 9.04. The molecule has 0 heterocycles. The van der Waals surface area contributed by atoms with Crippen LogP contribution < -0.4 is 10.1 Å². The normalized spacial score (nSPS) is 14.2. The molecule has 3 heteroatoms. The molecular weight excluding hydrogens is 238 g/mol. The molecule has 0 aliphatic rings. The number of aryl methyl sites for hydroxylation is 1. The Kier molecular flexibility index (Phi) is 6.32. The van der Waals surface area contributed by atoms with E-state index in [1.807, 2.05) is 0 Å². The minimum absolute atomic E-state index is 0.218. The maximum absolute atomic E-state index is 5.62. The molecule has 0 bridgehead atoms. The predicted molar refractivity (Wildman–Crippen MR) is 80.0 cm³/mol. The summed E-state index contributed by atoms with van der Waals surface area (Å²) in [6.07, 6.45) is 1.15. The highest BCUT2D eigenvalue weighted by Crippen LogP contribution is 2.33. The van der Waals surface area contributed by atoms with Crippen molar-refractivity contribution in [2.24, 2.45) is 0 Å². The van der Waals surface area contributed by atoms with Gasteiger partial charge in [0.15, 0.2) is 0 Å². The van der Waals surface area contributed by atoms with E-state index in [-0.39, 0.29) is 12.1 Å². The van der Waals surface area contributed by atoms with Gasteiger partial charge in [-0.2, -0.15) is 0 Å². The fourth-order valence-electron chi connectivity index (χ4n) is 2.35. The fraction of sp³-hybridized carbons (Fsp3) is 0.625. The lowest BCUT2D eigenvalue weighted by Crippen LogP contribution is -2.25. The van der Waals surface area contributed by atoms with Crippen LogP contribution in [0.2, 0.25) is 0 Å². The highest BCUT2D eigenvalue weighted by molar-refractivity contribution is 5.46. The van der Waals surface area contributed by atoms with E-state index in [0.29, 0.717) is 0 Å². The first kappa shape index (κ1) is 16.0. The molecule has 0 radical (unpaired) electrons. The standard InChI is InChI=1S/C16H27NO2/c1-7-17-15(10-12(3)18-5)14-9-8-11(2)13(4)16(14)19-6/h8-9,12,15,17H,7,10H2,1-6H3. The maximum atomic E-state index is 5.62. The van der Waals surface area contributed by atoms with Gasteiger partial charge in [-0.25, -0.2) is 0 Å². The third kappa shape index (κ3) is 3.95. The average Bonchev–Trinajstić information content (AvgIpc) is 2.41. The van der Waals surface area contributed by atoms with Crippen molar-refractivity contribution in [2.75, 3.05) is 20.8 Å². The summed E-state index contributed by atoms with van der Waals surface area (Å²) in [5.74, 6) is 0.995. The van der Waals surface area contributed by atoms with Crippen LogP contribution in [-0.4, -0.2) is 26.9 Å². The van der Waals surface area contributed by atoms with Crippen LogP contribution in [0.15, 0.2) is 12.1 Å². The molecule has 1 N–H and O–H groups in total. The molecule has 3 nitrogen and oxygen atoms in total. The van der Waals surface area contributed by atoms with Gasteiger partial charge in [-0.15, -0.1) is 0 Å². The smallest absolute Gasteiger partial charge is 0.126 e. The van der Waals surface area contributed by atoms with Gasteiger partial charge in [0, 0.05) is 18.7 Å². The second kappa shape index (κ2) is 7.51. The third-order valence-corrected chi connectivity index (χ3v) is 3.71. The highest BCUT2D eigenvalue weighted by atomic mass is 16.5. The van der Waals surface area contributed by atoms with Crippen molar-refractivity contribution in [1.82, 2.24) is 5.32 Å². The summed E-state index contributed by atoms with van der Waals surface area (Å²) in [5.41, 5.74) is 3.69. The number of rotatable bonds is 7. The molecule has 0 aromatic heterocycles. The molecule has 1 aromatic rings. The van der Waals surface area contributed by atoms with Crippen molar-refractivity contribution in [1.29, 1.82) is 0 Å². The summed E-state index contributed by atoms with van der Waals surface area (Å²) in [6, 6.07) is 4.58. The van der Waals surface area contributed by atoms with Crippen molar-refractivity contribution in [3.63, 3.8) is 0 Å². The quantitative estimate of drug-likeness (QED) is 0.819. The Bertz CT molecular complexity index is 404. The zero-order valence-corrected chi connectivity index (χ0v) is 13.0.